The van der Waals surface area contributed by atoms with E-state index in [2.05, 4.69) is 58.7 Å². The van der Waals surface area contributed by atoms with Crippen LogP contribution in [0.4, 0.5) is 5.69 Å². The van der Waals surface area contributed by atoms with Crippen LogP contribution in [0.1, 0.15) is 25.7 Å². The fraction of sp³-hybridized carbons (Fsp3) is 0.412. The number of hydrogen-bond donors (Lipinski definition) is 1. The smallest absolute Gasteiger partial charge is 0.0469 e. The van der Waals surface area contributed by atoms with Crippen molar-refractivity contribution in [2.75, 3.05) is 5.32 Å². The maximum Gasteiger partial charge on any atom is 0.0469 e. The summed E-state index contributed by atoms with van der Waals surface area (Å²) in [6.07, 6.45) is 9.88. The van der Waals surface area contributed by atoms with Crippen molar-refractivity contribution in [2.45, 2.75) is 31.7 Å². The Balaban J connectivity index is 1.55. The molecule has 4 rings (SSSR count). The molecule has 0 amide bonds. The number of aromatic nitrogens is 1. The van der Waals surface area contributed by atoms with E-state index in [1.807, 2.05) is 0 Å². The van der Waals surface area contributed by atoms with Gasteiger partial charge in [0.25, 0.3) is 0 Å². The predicted octanol–water partition coefficient (Wildman–Crippen LogP) is 4.08. The maximum absolute atomic E-state index is 3.79. The molecular weight excluding hydrogens is 232 g/mol. The third-order valence-electron chi connectivity index (χ3n) is 4.34. The Kier molecular flexibility index (Phi) is 2.61. The summed E-state index contributed by atoms with van der Waals surface area (Å²) in [5, 5.41) is 3.79. The van der Waals surface area contributed by atoms with Gasteiger partial charge in [0.2, 0.25) is 0 Å². The van der Waals surface area contributed by atoms with Crippen molar-refractivity contribution in [3.8, 4) is 5.69 Å². The molecule has 2 aliphatic carbocycles. The average Bonchev–Trinajstić information content (AvgIpc) is 3.36. The zero-order chi connectivity index (χ0) is 12.7. The summed E-state index contributed by atoms with van der Waals surface area (Å²) in [6.45, 7) is 0. The molecule has 0 atom stereocenters. The summed E-state index contributed by atoms with van der Waals surface area (Å²) < 4.78 is 2.16. The van der Waals surface area contributed by atoms with E-state index in [1.54, 1.807) is 0 Å². The quantitative estimate of drug-likeness (QED) is 0.848. The molecule has 0 bridgehead atoms. The van der Waals surface area contributed by atoms with E-state index in [0.29, 0.717) is 0 Å². The van der Waals surface area contributed by atoms with Crippen molar-refractivity contribution >= 4 is 5.69 Å². The molecule has 1 aromatic heterocycles. The first-order chi connectivity index (χ1) is 9.40. The summed E-state index contributed by atoms with van der Waals surface area (Å²) in [5.74, 6) is 1.87. The number of nitrogens with zero attached hydrogens (tertiary/aromatic N) is 1. The van der Waals surface area contributed by atoms with Crippen LogP contribution < -0.4 is 5.32 Å². The van der Waals surface area contributed by atoms with Crippen LogP contribution in [0, 0.1) is 11.8 Å². The Morgan fingerprint density at radius 3 is 2.26 bits per heavy atom. The van der Waals surface area contributed by atoms with Gasteiger partial charge in [-0.3, -0.25) is 0 Å². The molecule has 0 unspecified atom stereocenters. The molecule has 19 heavy (non-hydrogen) atoms. The van der Waals surface area contributed by atoms with Gasteiger partial charge in [0.05, 0.1) is 0 Å². The third kappa shape index (κ3) is 2.40. The summed E-state index contributed by atoms with van der Waals surface area (Å²) in [5.41, 5.74) is 2.51. The number of benzene rings is 1. The Bertz CT molecular complexity index is 538. The van der Waals surface area contributed by atoms with Crippen LogP contribution >= 0.6 is 0 Å². The normalized spacial score (nSPS) is 18.8. The molecule has 98 valence electrons. The molecule has 1 heterocycles. The number of anilines is 1. The highest BCUT2D eigenvalue weighted by Crippen LogP contribution is 2.45. The molecule has 2 heteroatoms. The van der Waals surface area contributed by atoms with Gasteiger partial charge >= 0.3 is 0 Å². The summed E-state index contributed by atoms with van der Waals surface area (Å²) in [7, 11) is 0. The molecule has 0 spiro atoms. The second-order valence-corrected chi connectivity index (χ2v) is 5.99. The first-order valence-corrected chi connectivity index (χ1v) is 7.40. The number of nitrogens with one attached hydrogen (secondary N) is 1. The Hall–Kier alpha value is -1.70. The van der Waals surface area contributed by atoms with Crippen LogP contribution in [-0.4, -0.2) is 10.6 Å². The summed E-state index contributed by atoms with van der Waals surface area (Å²) in [4.78, 5) is 0. The number of hydrogen-bond acceptors (Lipinski definition) is 1. The summed E-state index contributed by atoms with van der Waals surface area (Å²) >= 11 is 0. The van der Waals surface area contributed by atoms with Gasteiger partial charge in [0, 0.05) is 29.8 Å². The van der Waals surface area contributed by atoms with Crippen LogP contribution in [0.25, 0.3) is 5.69 Å². The molecule has 2 aromatic rings. The number of rotatable bonds is 5. The van der Waals surface area contributed by atoms with E-state index in [-0.39, 0.29) is 0 Å². The Morgan fingerprint density at radius 1 is 0.947 bits per heavy atom. The molecule has 0 aliphatic heterocycles. The van der Waals surface area contributed by atoms with Crippen molar-refractivity contribution in [3.05, 3.63) is 48.8 Å². The molecule has 2 fully saturated rings. The molecule has 2 saturated carbocycles. The van der Waals surface area contributed by atoms with Gasteiger partial charge < -0.3 is 9.88 Å². The second kappa shape index (κ2) is 4.44. The molecule has 0 saturated heterocycles. The van der Waals surface area contributed by atoms with Crippen LogP contribution in [-0.2, 0) is 0 Å². The van der Waals surface area contributed by atoms with Gasteiger partial charge in [0.1, 0.15) is 0 Å². The summed E-state index contributed by atoms with van der Waals surface area (Å²) in [6, 6.07) is 13.6. The highest BCUT2D eigenvalue weighted by atomic mass is 15.0. The SMILES string of the molecule is c1cc(NC(C2CC2)C2CC2)cc(-n2cccc2)c1. The van der Waals surface area contributed by atoms with E-state index in [0.717, 1.165) is 17.9 Å². The first-order valence-electron chi connectivity index (χ1n) is 7.40. The Morgan fingerprint density at radius 2 is 1.63 bits per heavy atom. The largest absolute Gasteiger partial charge is 0.382 e. The van der Waals surface area contributed by atoms with E-state index < -0.39 is 0 Å². The molecule has 2 nitrogen and oxygen atoms in total. The monoisotopic (exact) mass is 252 g/mol. The van der Waals surface area contributed by atoms with Crippen LogP contribution in [0.15, 0.2) is 48.8 Å². The highest BCUT2D eigenvalue weighted by molar-refractivity contribution is 5.52. The standard InChI is InChI=1S/C17H20N2/c1-2-11-19(10-1)16-5-3-4-15(12-16)18-17(13-6-7-13)14-8-9-14/h1-5,10-14,17-18H,6-9H2. The second-order valence-electron chi connectivity index (χ2n) is 5.99. The minimum Gasteiger partial charge on any atom is -0.382 e. The lowest BCUT2D eigenvalue weighted by molar-refractivity contribution is 0.568. The lowest BCUT2D eigenvalue weighted by atomic mass is 10.1. The fourth-order valence-corrected chi connectivity index (χ4v) is 2.99. The van der Waals surface area contributed by atoms with Crippen molar-refractivity contribution in [1.29, 1.82) is 0 Å². The van der Waals surface area contributed by atoms with Gasteiger partial charge in [0.15, 0.2) is 0 Å². The Labute approximate surface area is 114 Å². The van der Waals surface area contributed by atoms with E-state index in [4.69, 9.17) is 0 Å². The minimum absolute atomic E-state index is 0.722. The average molecular weight is 252 g/mol. The van der Waals surface area contributed by atoms with E-state index >= 15 is 0 Å². The molecule has 0 radical (unpaired) electrons. The van der Waals surface area contributed by atoms with E-state index in [1.165, 1.54) is 37.1 Å². The van der Waals surface area contributed by atoms with Crippen molar-refractivity contribution in [1.82, 2.24) is 4.57 Å². The van der Waals surface area contributed by atoms with Crippen molar-refractivity contribution in [3.63, 3.8) is 0 Å². The van der Waals surface area contributed by atoms with Crippen LogP contribution in [0.5, 0.6) is 0 Å². The van der Waals surface area contributed by atoms with E-state index in [9.17, 15) is 0 Å². The van der Waals surface area contributed by atoms with Gasteiger partial charge in [-0.2, -0.15) is 0 Å². The topological polar surface area (TPSA) is 17.0 Å². The molecule has 2 aliphatic rings. The van der Waals surface area contributed by atoms with Crippen molar-refractivity contribution < 1.29 is 0 Å². The van der Waals surface area contributed by atoms with Crippen LogP contribution in [0.3, 0.4) is 0 Å². The van der Waals surface area contributed by atoms with Gasteiger partial charge in [-0.1, -0.05) is 6.07 Å². The van der Waals surface area contributed by atoms with Crippen LogP contribution in [0.2, 0.25) is 0 Å². The highest BCUT2D eigenvalue weighted by Gasteiger charge is 2.41. The lowest BCUT2D eigenvalue weighted by Crippen LogP contribution is -2.24. The van der Waals surface area contributed by atoms with Crippen molar-refractivity contribution in [2.24, 2.45) is 11.8 Å². The van der Waals surface area contributed by atoms with Gasteiger partial charge in [-0.05, 0) is 67.9 Å². The van der Waals surface area contributed by atoms with Gasteiger partial charge in [-0.15, -0.1) is 0 Å². The molecule has 1 N–H and O–H groups in total. The zero-order valence-electron chi connectivity index (χ0n) is 11.1. The lowest BCUT2D eigenvalue weighted by Gasteiger charge is -2.19. The third-order valence-corrected chi connectivity index (χ3v) is 4.34. The zero-order valence-corrected chi connectivity index (χ0v) is 11.1. The molecular formula is C17H20N2. The fourth-order valence-electron chi connectivity index (χ4n) is 2.99. The maximum atomic E-state index is 3.79. The molecule has 1 aromatic carbocycles. The minimum atomic E-state index is 0.722. The predicted molar refractivity (Wildman–Crippen MR) is 78.6 cm³/mol. The first kappa shape index (κ1) is 11.2. The van der Waals surface area contributed by atoms with Gasteiger partial charge in [-0.25, -0.2) is 0 Å².